The summed E-state index contributed by atoms with van der Waals surface area (Å²) in [5.41, 5.74) is 1.41. The molecule has 2 aromatic rings. The van der Waals surface area contributed by atoms with E-state index in [0.29, 0.717) is 31.5 Å². The van der Waals surface area contributed by atoms with Crippen LogP contribution in [0, 0.1) is 5.92 Å². The number of para-hydroxylation sites is 1. The Hall–Kier alpha value is -3.02. The molecular weight excluding hydrogens is 358 g/mol. The molecule has 0 aliphatic carbocycles. The number of benzene rings is 2. The number of ether oxygens (including phenoxy) is 1. The van der Waals surface area contributed by atoms with E-state index in [2.05, 4.69) is 0 Å². The number of carbonyl (C=O) groups excluding carboxylic acids is 2. The molecule has 148 valence electrons. The Morgan fingerprint density at radius 3 is 2.46 bits per heavy atom. The molecule has 6 heteroatoms. The number of hydrogen-bond acceptors (Lipinski definition) is 5. The standard InChI is InChI=1S/C22H25NO5/c1-28-22(27)15-9-11-23(12-10-15)21(26)14-19(16-5-4-6-17(24)13-16)18-7-2-3-8-20(18)25/h2-8,13,15,19,24-25H,9-12,14H2,1H3. The van der Waals surface area contributed by atoms with Crippen LogP contribution in [0.1, 0.15) is 36.3 Å². The third-order valence-electron chi connectivity index (χ3n) is 5.35. The van der Waals surface area contributed by atoms with Crippen LogP contribution in [0.25, 0.3) is 0 Å². The van der Waals surface area contributed by atoms with E-state index in [1.54, 1.807) is 41.3 Å². The maximum Gasteiger partial charge on any atom is 0.308 e. The van der Waals surface area contributed by atoms with E-state index in [9.17, 15) is 19.8 Å². The van der Waals surface area contributed by atoms with Crippen molar-refractivity contribution in [3.05, 3.63) is 59.7 Å². The number of rotatable bonds is 5. The van der Waals surface area contributed by atoms with Crippen LogP contribution in [0.15, 0.2) is 48.5 Å². The first-order valence-corrected chi connectivity index (χ1v) is 9.42. The third-order valence-corrected chi connectivity index (χ3v) is 5.35. The van der Waals surface area contributed by atoms with E-state index in [4.69, 9.17) is 4.74 Å². The van der Waals surface area contributed by atoms with Gasteiger partial charge in [0.25, 0.3) is 0 Å². The van der Waals surface area contributed by atoms with Crippen molar-refractivity contribution in [2.45, 2.75) is 25.2 Å². The molecule has 1 aliphatic rings. The van der Waals surface area contributed by atoms with E-state index in [0.717, 1.165) is 5.56 Å². The monoisotopic (exact) mass is 383 g/mol. The van der Waals surface area contributed by atoms with Crippen LogP contribution < -0.4 is 0 Å². The summed E-state index contributed by atoms with van der Waals surface area (Å²) in [4.78, 5) is 26.4. The van der Waals surface area contributed by atoms with Gasteiger partial charge in [0.1, 0.15) is 11.5 Å². The van der Waals surface area contributed by atoms with Crippen LogP contribution in [0.4, 0.5) is 0 Å². The molecule has 0 radical (unpaired) electrons. The van der Waals surface area contributed by atoms with Gasteiger partial charge in [-0.05, 0) is 36.6 Å². The van der Waals surface area contributed by atoms with Gasteiger partial charge in [0.2, 0.25) is 5.91 Å². The van der Waals surface area contributed by atoms with Gasteiger partial charge in [-0.3, -0.25) is 9.59 Å². The molecule has 3 rings (SSSR count). The second-order valence-electron chi connectivity index (χ2n) is 7.09. The molecule has 2 N–H and O–H groups in total. The number of aromatic hydroxyl groups is 2. The molecule has 1 saturated heterocycles. The van der Waals surface area contributed by atoms with Gasteiger partial charge in [0, 0.05) is 31.0 Å². The number of nitrogens with zero attached hydrogens (tertiary/aromatic N) is 1. The molecule has 0 spiro atoms. The first kappa shape index (κ1) is 19.7. The largest absolute Gasteiger partial charge is 0.508 e. The molecule has 1 atom stereocenters. The molecule has 1 fully saturated rings. The Bertz CT molecular complexity index is 842. The Morgan fingerprint density at radius 2 is 1.82 bits per heavy atom. The van der Waals surface area contributed by atoms with Crippen molar-refractivity contribution >= 4 is 11.9 Å². The Morgan fingerprint density at radius 1 is 1.11 bits per heavy atom. The van der Waals surface area contributed by atoms with Gasteiger partial charge in [0.15, 0.2) is 0 Å². The number of amides is 1. The van der Waals surface area contributed by atoms with Crippen LogP contribution in [0.2, 0.25) is 0 Å². The molecule has 1 amide bonds. The highest BCUT2D eigenvalue weighted by molar-refractivity contribution is 5.79. The Balaban J connectivity index is 1.78. The van der Waals surface area contributed by atoms with Gasteiger partial charge in [-0.2, -0.15) is 0 Å². The minimum atomic E-state index is -0.376. The zero-order valence-electron chi connectivity index (χ0n) is 15.9. The van der Waals surface area contributed by atoms with E-state index in [-0.39, 0.29) is 41.6 Å². The van der Waals surface area contributed by atoms with Gasteiger partial charge < -0.3 is 19.8 Å². The highest BCUT2D eigenvalue weighted by Crippen LogP contribution is 2.35. The smallest absolute Gasteiger partial charge is 0.308 e. The normalized spacial score (nSPS) is 15.8. The lowest BCUT2D eigenvalue weighted by Crippen LogP contribution is -2.41. The molecule has 1 unspecified atom stereocenters. The number of methoxy groups -OCH3 is 1. The van der Waals surface area contributed by atoms with Crippen molar-refractivity contribution in [2.75, 3.05) is 20.2 Å². The third kappa shape index (κ3) is 4.44. The number of hydrogen-bond donors (Lipinski definition) is 2. The molecule has 1 heterocycles. The molecule has 0 aromatic heterocycles. The average molecular weight is 383 g/mol. The predicted molar refractivity (Wildman–Crippen MR) is 104 cm³/mol. The number of esters is 1. The molecule has 0 saturated carbocycles. The topological polar surface area (TPSA) is 87.1 Å². The fourth-order valence-corrected chi connectivity index (χ4v) is 3.77. The quantitative estimate of drug-likeness (QED) is 0.775. The predicted octanol–water partition coefficient (Wildman–Crippen LogP) is 3.03. The molecular formula is C22H25NO5. The molecule has 28 heavy (non-hydrogen) atoms. The molecule has 0 bridgehead atoms. The van der Waals surface area contributed by atoms with Crippen LogP contribution in [-0.4, -0.2) is 47.2 Å². The van der Waals surface area contributed by atoms with E-state index < -0.39 is 0 Å². The van der Waals surface area contributed by atoms with Crippen LogP contribution >= 0.6 is 0 Å². The summed E-state index contributed by atoms with van der Waals surface area (Å²) in [7, 11) is 1.38. The van der Waals surface area contributed by atoms with Crippen molar-refractivity contribution in [1.29, 1.82) is 0 Å². The summed E-state index contributed by atoms with van der Waals surface area (Å²) < 4.78 is 4.80. The fourth-order valence-electron chi connectivity index (χ4n) is 3.77. The first-order valence-electron chi connectivity index (χ1n) is 9.42. The van der Waals surface area contributed by atoms with E-state index in [1.165, 1.54) is 7.11 Å². The van der Waals surface area contributed by atoms with Crippen molar-refractivity contribution < 1.29 is 24.5 Å². The summed E-state index contributed by atoms with van der Waals surface area (Å²) in [5, 5.41) is 20.2. The first-order chi connectivity index (χ1) is 13.5. The number of phenols is 2. The lowest BCUT2D eigenvalue weighted by Gasteiger charge is -2.32. The SMILES string of the molecule is COC(=O)C1CCN(C(=O)CC(c2cccc(O)c2)c2ccccc2O)CC1. The number of piperidine rings is 1. The van der Waals surface area contributed by atoms with Crippen LogP contribution in [0.3, 0.4) is 0 Å². The highest BCUT2D eigenvalue weighted by atomic mass is 16.5. The number of likely N-dealkylation sites (tertiary alicyclic amines) is 1. The highest BCUT2D eigenvalue weighted by Gasteiger charge is 2.30. The molecule has 1 aliphatic heterocycles. The van der Waals surface area contributed by atoms with E-state index >= 15 is 0 Å². The zero-order valence-corrected chi connectivity index (χ0v) is 15.9. The lowest BCUT2D eigenvalue weighted by molar-refractivity contribution is -0.148. The average Bonchev–Trinajstić information content (AvgIpc) is 2.72. The van der Waals surface area contributed by atoms with Crippen molar-refractivity contribution in [3.8, 4) is 11.5 Å². The molecule has 2 aromatic carbocycles. The summed E-state index contributed by atoms with van der Waals surface area (Å²) in [5.74, 6) is -0.565. The van der Waals surface area contributed by atoms with Gasteiger partial charge >= 0.3 is 5.97 Å². The van der Waals surface area contributed by atoms with Crippen LogP contribution in [-0.2, 0) is 14.3 Å². The summed E-state index contributed by atoms with van der Waals surface area (Å²) in [6.45, 7) is 1.01. The summed E-state index contributed by atoms with van der Waals surface area (Å²) in [6.07, 6.45) is 1.35. The lowest BCUT2D eigenvalue weighted by atomic mass is 9.87. The fraction of sp³-hybridized carbons (Fsp3) is 0.364. The maximum absolute atomic E-state index is 13.0. The second-order valence-corrected chi connectivity index (χ2v) is 7.09. The summed E-state index contributed by atoms with van der Waals surface area (Å²) >= 11 is 0. The number of phenolic OH excluding ortho intramolecular Hbond substituents is 2. The van der Waals surface area contributed by atoms with Crippen LogP contribution in [0.5, 0.6) is 11.5 Å². The minimum Gasteiger partial charge on any atom is -0.508 e. The Labute approximate surface area is 164 Å². The van der Waals surface area contributed by atoms with Crippen molar-refractivity contribution in [1.82, 2.24) is 4.90 Å². The van der Waals surface area contributed by atoms with Crippen molar-refractivity contribution in [2.24, 2.45) is 5.92 Å². The van der Waals surface area contributed by atoms with Gasteiger partial charge in [-0.1, -0.05) is 30.3 Å². The van der Waals surface area contributed by atoms with Gasteiger partial charge in [-0.25, -0.2) is 0 Å². The van der Waals surface area contributed by atoms with E-state index in [1.807, 2.05) is 12.1 Å². The second kappa shape index (κ2) is 8.78. The molecule has 6 nitrogen and oxygen atoms in total. The zero-order chi connectivity index (χ0) is 20.1. The maximum atomic E-state index is 13.0. The summed E-state index contributed by atoms with van der Waals surface area (Å²) in [6, 6.07) is 13.7. The number of carbonyl (C=O) groups is 2. The minimum absolute atomic E-state index is 0.0417. The Kier molecular flexibility index (Phi) is 6.19. The van der Waals surface area contributed by atoms with Crippen molar-refractivity contribution in [3.63, 3.8) is 0 Å². The van der Waals surface area contributed by atoms with Gasteiger partial charge in [-0.15, -0.1) is 0 Å². The van der Waals surface area contributed by atoms with Gasteiger partial charge in [0.05, 0.1) is 13.0 Å².